The van der Waals surface area contributed by atoms with Crippen molar-refractivity contribution in [3.05, 3.63) is 59.7 Å². The van der Waals surface area contributed by atoms with Gasteiger partial charge in [-0.3, -0.25) is 0 Å². The maximum atomic E-state index is 11.6. The number of aromatic hydroxyl groups is 1. The third-order valence-electron chi connectivity index (χ3n) is 7.64. The number of hydrogen-bond acceptors (Lipinski definition) is 12. The number of aliphatic hydroxyl groups excluding tert-OH is 4. The number of hydrogen-bond donors (Lipinski definition) is 6. The van der Waals surface area contributed by atoms with Crippen LogP contribution in [0.4, 0.5) is 0 Å². The lowest BCUT2D eigenvalue weighted by molar-refractivity contribution is -0.271. The summed E-state index contributed by atoms with van der Waals surface area (Å²) < 4.78 is 34.4. The van der Waals surface area contributed by atoms with Crippen molar-refractivity contribution in [2.24, 2.45) is 0 Å². The summed E-state index contributed by atoms with van der Waals surface area (Å²) in [6.07, 6.45) is -11.3. The first-order chi connectivity index (χ1) is 20.1. The highest BCUT2D eigenvalue weighted by Gasteiger charge is 2.50. The van der Waals surface area contributed by atoms with Gasteiger partial charge in [0.05, 0.1) is 20.1 Å². The summed E-state index contributed by atoms with van der Waals surface area (Å²) in [5.74, 6) is -0.981. The molecule has 0 radical (unpaired) electrons. The quantitative estimate of drug-likeness (QED) is 0.243. The van der Waals surface area contributed by atoms with E-state index in [0.717, 1.165) is 0 Å². The number of rotatable bonds is 6. The zero-order chi connectivity index (χ0) is 29.9. The third kappa shape index (κ3) is 4.42. The van der Waals surface area contributed by atoms with Crippen molar-refractivity contribution in [3.8, 4) is 45.6 Å². The van der Waals surface area contributed by atoms with Gasteiger partial charge in [0.15, 0.2) is 17.6 Å². The number of aliphatic carboxylic acids is 1. The maximum absolute atomic E-state index is 11.6. The Balaban J connectivity index is 1.45. The van der Waals surface area contributed by atoms with Crippen LogP contribution in [0.1, 0.15) is 23.1 Å². The van der Waals surface area contributed by atoms with Crippen molar-refractivity contribution >= 4 is 5.97 Å². The second-order valence-electron chi connectivity index (χ2n) is 10.1. The molecule has 1 fully saturated rings. The second-order valence-corrected chi connectivity index (χ2v) is 10.1. The summed E-state index contributed by atoms with van der Waals surface area (Å²) in [6.45, 7) is 0. The van der Waals surface area contributed by atoms with Crippen molar-refractivity contribution in [2.75, 3.05) is 14.2 Å². The summed E-state index contributed by atoms with van der Waals surface area (Å²) in [5, 5.41) is 61.5. The highest BCUT2D eigenvalue weighted by Crippen LogP contribution is 2.59. The van der Waals surface area contributed by atoms with Gasteiger partial charge in [-0.1, -0.05) is 18.2 Å². The highest BCUT2D eigenvalue weighted by molar-refractivity contribution is 5.76. The molecule has 0 aromatic heterocycles. The molecule has 3 aromatic rings. The Labute approximate surface area is 238 Å². The number of fused-ring (bicyclic) bond motifs is 5. The molecule has 1 saturated heterocycles. The van der Waals surface area contributed by atoms with Crippen LogP contribution >= 0.6 is 0 Å². The number of aliphatic hydroxyl groups is 4. The van der Waals surface area contributed by atoms with E-state index < -0.39 is 55.0 Å². The van der Waals surface area contributed by atoms with E-state index >= 15 is 0 Å². The summed E-state index contributed by atoms with van der Waals surface area (Å²) in [5.41, 5.74) is 2.11. The summed E-state index contributed by atoms with van der Waals surface area (Å²) in [7, 11) is 2.96. The minimum absolute atomic E-state index is 0.00397. The number of phenolic OH excluding ortho intramolecular Hbond substituents is 1. The van der Waals surface area contributed by atoms with Crippen LogP contribution < -0.4 is 23.7 Å². The van der Waals surface area contributed by atoms with Crippen LogP contribution in [0.2, 0.25) is 0 Å². The van der Waals surface area contributed by atoms with Gasteiger partial charge in [0.1, 0.15) is 41.7 Å². The van der Waals surface area contributed by atoms with Gasteiger partial charge >= 0.3 is 5.97 Å². The molecule has 3 aliphatic rings. The Bertz CT molecular complexity index is 1520. The number of carbonyl (C=O) groups is 1. The molecule has 8 atom stereocenters. The van der Waals surface area contributed by atoms with Crippen molar-refractivity contribution < 1.29 is 63.9 Å². The minimum Gasteiger partial charge on any atom is -0.508 e. The number of methoxy groups -OCH3 is 2. The van der Waals surface area contributed by atoms with Gasteiger partial charge in [-0.2, -0.15) is 0 Å². The molecule has 0 aliphatic carbocycles. The molecule has 42 heavy (non-hydrogen) atoms. The van der Waals surface area contributed by atoms with Gasteiger partial charge in [-0.25, -0.2) is 4.79 Å². The number of phenols is 1. The molecule has 0 spiro atoms. The fourth-order valence-electron chi connectivity index (χ4n) is 5.66. The van der Waals surface area contributed by atoms with Gasteiger partial charge in [0.2, 0.25) is 18.3 Å². The van der Waals surface area contributed by atoms with Crippen LogP contribution in [0.5, 0.6) is 34.5 Å². The van der Waals surface area contributed by atoms with Crippen molar-refractivity contribution in [1.82, 2.24) is 0 Å². The van der Waals surface area contributed by atoms with E-state index in [9.17, 15) is 35.4 Å². The van der Waals surface area contributed by atoms with Crippen LogP contribution in [-0.4, -0.2) is 87.8 Å². The van der Waals surface area contributed by atoms with Crippen LogP contribution in [-0.2, 0) is 9.53 Å². The molecule has 13 heteroatoms. The lowest BCUT2D eigenvalue weighted by Crippen LogP contribution is -2.61. The SMILES string of the molecule is COc1ccc2c(c1OC)OC1c3c(cc(OC4OC(C(=O)O)C(O)C(O)C4O)cc3-c3cccc(O)c3)OC(O)C21. The van der Waals surface area contributed by atoms with Crippen LogP contribution in [0.25, 0.3) is 11.1 Å². The summed E-state index contributed by atoms with van der Waals surface area (Å²) >= 11 is 0. The normalized spacial score (nSPS) is 29.3. The fourth-order valence-corrected chi connectivity index (χ4v) is 5.66. The largest absolute Gasteiger partial charge is 0.508 e. The first-order valence-corrected chi connectivity index (χ1v) is 13.0. The van der Waals surface area contributed by atoms with Crippen molar-refractivity contribution in [2.45, 2.75) is 49.0 Å². The average molecular weight is 585 g/mol. The van der Waals surface area contributed by atoms with Crippen molar-refractivity contribution in [3.63, 3.8) is 0 Å². The highest BCUT2D eigenvalue weighted by atomic mass is 16.7. The van der Waals surface area contributed by atoms with Gasteiger partial charge in [-0.05, 0) is 35.4 Å². The van der Waals surface area contributed by atoms with Gasteiger partial charge in [0.25, 0.3) is 0 Å². The van der Waals surface area contributed by atoms with E-state index in [1.165, 1.54) is 32.4 Å². The van der Waals surface area contributed by atoms with E-state index in [4.69, 9.17) is 28.4 Å². The fraction of sp³-hybridized carbons (Fsp3) is 0.345. The molecule has 0 saturated carbocycles. The molecule has 13 nitrogen and oxygen atoms in total. The Morgan fingerprint density at radius 2 is 1.69 bits per heavy atom. The van der Waals surface area contributed by atoms with E-state index in [1.807, 2.05) is 0 Å². The molecular formula is C29H28O13. The molecule has 3 aliphatic heterocycles. The van der Waals surface area contributed by atoms with E-state index in [-0.39, 0.29) is 17.2 Å². The lowest BCUT2D eigenvalue weighted by Gasteiger charge is -2.39. The van der Waals surface area contributed by atoms with Crippen LogP contribution in [0, 0.1) is 0 Å². The topological polar surface area (TPSA) is 194 Å². The molecule has 0 bridgehead atoms. The Kier molecular flexibility index (Phi) is 6.99. The molecule has 3 heterocycles. The third-order valence-corrected chi connectivity index (χ3v) is 7.64. The zero-order valence-electron chi connectivity index (χ0n) is 22.3. The number of carboxylic acid groups (broad SMARTS) is 1. The van der Waals surface area contributed by atoms with E-state index in [1.54, 1.807) is 30.3 Å². The first kappa shape index (κ1) is 27.9. The van der Waals surface area contributed by atoms with Gasteiger partial charge in [-0.15, -0.1) is 0 Å². The van der Waals surface area contributed by atoms with Gasteiger partial charge < -0.3 is 59.1 Å². The number of carboxylic acids is 1. The molecule has 222 valence electrons. The molecule has 8 unspecified atom stereocenters. The summed E-state index contributed by atoms with van der Waals surface area (Å²) in [6, 6.07) is 12.7. The molecule has 6 N–H and O–H groups in total. The molecule has 6 rings (SSSR count). The zero-order valence-corrected chi connectivity index (χ0v) is 22.3. The van der Waals surface area contributed by atoms with Crippen LogP contribution in [0.15, 0.2) is 48.5 Å². The molecule has 0 amide bonds. The predicted molar refractivity (Wildman–Crippen MR) is 141 cm³/mol. The molecular weight excluding hydrogens is 556 g/mol. The van der Waals surface area contributed by atoms with Crippen LogP contribution in [0.3, 0.4) is 0 Å². The van der Waals surface area contributed by atoms with Gasteiger partial charge in [0, 0.05) is 17.2 Å². The lowest BCUT2D eigenvalue weighted by atomic mass is 9.84. The second kappa shape index (κ2) is 10.5. The number of benzene rings is 3. The van der Waals surface area contributed by atoms with E-state index in [2.05, 4.69) is 0 Å². The Morgan fingerprint density at radius 1 is 0.905 bits per heavy atom. The maximum Gasteiger partial charge on any atom is 0.335 e. The van der Waals surface area contributed by atoms with E-state index in [0.29, 0.717) is 39.5 Å². The average Bonchev–Trinajstić information content (AvgIpc) is 3.36. The standard InChI is InChI=1S/C29H28O13/c1-37-16-7-6-14-19-25(41-23(14)24(16)38-2)18-15(11-4-3-5-12(30)8-11)9-13(10-17(18)40-28(19)36)39-29-22(33)20(31)21(32)26(42-29)27(34)35/h3-10,19-22,25-26,28-33,36H,1-2H3,(H,34,35). The summed E-state index contributed by atoms with van der Waals surface area (Å²) in [4.78, 5) is 11.6. The monoisotopic (exact) mass is 584 g/mol. The Morgan fingerprint density at radius 3 is 2.38 bits per heavy atom. The first-order valence-electron chi connectivity index (χ1n) is 13.0. The molecule has 3 aromatic carbocycles. The Hall–Kier alpha value is -4.27. The number of ether oxygens (including phenoxy) is 6. The smallest absolute Gasteiger partial charge is 0.335 e. The predicted octanol–water partition coefficient (Wildman–Crippen LogP) is 1.28. The minimum atomic E-state index is -1.89. The van der Waals surface area contributed by atoms with Crippen molar-refractivity contribution in [1.29, 1.82) is 0 Å².